The first-order chi connectivity index (χ1) is 9.70. The van der Waals surface area contributed by atoms with Crippen LogP contribution in [0.4, 0.5) is 0 Å². The summed E-state index contributed by atoms with van der Waals surface area (Å²) < 4.78 is 5.42. The standard InChI is InChI=1S/C15H24N4O/c1-12-5-4-7-17-14(12)9-18-15(16-2)19(3)10-13-6-8-20-11-13/h4-5,7,13H,6,8-11H2,1-3H3,(H,16,18). The second-order valence-electron chi connectivity index (χ2n) is 5.28. The van der Waals surface area contributed by atoms with Gasteiger partial charge in [0, 0.05) is 39.4 Å². The number of aryl methyl sites for hydroxylation is 1. The third-order valence-corrected chi connectivity index (χ3v) is 3.66. The van der Waals surface area contributed by atoms with Gasteiger partial charge in [-0.3, -0.25) is 9.98 Å². The van der Waals surface area contributed by atoms with E-state index in [0.717, 1.165) is 37.8 Å². The van der Waals surface area contributed by atoms with E-state index in [1.165, 1.54) is 5.56 Å². The Kier molecular flexibility index (Phi) is 5.35. The molecule has 1 fully saturated rings. The lowest BCUT2D eigenvalue weighted by molar-refractivity contribution is 0.181. The van der Waals surface area contributed by atoms with E-state index in [-0.39, 0.29) is 0 Å². The van der Waals surface area contributed by atoms with Gasteiger partial charge in [-0.2, -0.15) is 0 Å². The molecule has 5 nitrogen and oxygen atoms in total. The molecule has 0 aliphatic carbocycles. The van der Waals surface area contributed by atoms with Gasteiger partial charge in [-0.15, -0.1) is 0 Å². The maximum Gasteiger partial charge on any atom is 0.193 e. The lowest BCUT2D eigenvalue weighted by Gasteiger charge is -2.24. The van der Waals surface area contributed by atoms with Crippen molar-refractivity contribution in [3.05, 3.63) is 29.6 Å². The van der Waals surface area contributed by atoms with Crippen molar-refractivity contribution in [3.8, 4) is 0 Å². The van der Waals surface area contributed by atoms with Gasteiger partial charge in [-0.05, 0) is 25.0 Å². The van der Waals surface area contributed by atoms with Gasteiger partial charge in [-0.1, -0.05) is 6.07 Å². The minimum absolute atomic E-state index is 0.607. The molecule has 0 aromatic carbocycles. The summed E-state index contributed by atoms with van der Waals surface area (Å²) in [5, 5.41) is 3.37. The number of aromatic nitrogens is 1. The summed E-state index contributed by atoms with van der Waals surface area (Å²) in [6.45, 7) is 5.50. The molecule has 110 valence electrons. The number of rotatable bonds is 4. The van der Waals surface area contributed by atoms with Crippen LogP contribution in [-0.4, -0.2) is 49.7 Å². The molecule has 1 N–H and O–H groups in total. The zero-order chi connectivity index (χ0) is 14.4. The van der Waals surface area contributed by atoms with E-state index in [0.29, 0.717) is 12.5 Å². The number of hydrogen-bond acceptors (Lipinski definition) is 3. The molecule has 1 saturated heterocycles. The van der Waals surface area contributed by atoms with Gasteiger partial charge in [-0.25, -0.2) is 0 Å². The number of aliphatic imine (C=N–C) groups is 1. The fourth-order valence-electron chi connectivity index (χ4n) is 2.45. The maximum absolute atomic E-state index is 5.42. The van der Waals surface area contributed by atoms with Crippen LogP contribution in [-0.2, 0) is 11.3 Å². The SMILES string of the molecule is CN=C(NCc1ncccc1C)N(C)CC1CCOC1. The van der Waals surface area contributed by atoms with Gasteiger partial charge >= 0.3 is 0 Å². The number of nitrogens with zero attached hydrogens (tertiary/aromatic N) is 3. The summed E-state index contributed by atoms with van der Waals surface area (Å²) in [7, 11) is 3.88. The van der Waals surface area contributed by atoms with Crippen LogP contribution >= 0.6 is 0 Å². The highest BCUT2D eigenvalue weighted by atomic mass is 16.5. The van der Waals surface area contributed by atoms with Crippen LogP contribution in [0.2, 0.25) is 0 Å². The molecule has 0 radical (unpaired) electrons. The van der Waals surface area contributed by atoms with Crippen molar-refractivity contribution in [1.82, 2.24) is 15.2 Å². The highest BCUT2D eigenvalue weighted by Crippen LogP contribution is 2.13. The first-order valence-corrected chi connectivity index (χ1v) is 7.10. The minimum Gasteiger partial charge on any atom is -0.381 e. The van der Waals surface area contributed by atoms with Crippen LogP contribution in [0.15, 0.2) is 23.3 Å². The van der Waals surface area contributed by atoms with Crippen LogP contribution in [0.3, 0.4) is 0 Å². The minimum atomic E-state index is 0.607. The fourth-order valence-corrected chi connectivity index (χ4v) is 2.45. The van der Waals surface area contributed by atoms with E-state index < -0.39 is 0 Å². The molecular weight excluding hydrogens is 252 g/mol. The van der Waals surface area contributed by atoms with Crippen molar-refractivity contribution in [2.24, 2.45) is 10.9 Å². The van der Waals surface area contributed by atoms with E-state index in [9.17, 15) is 0 Å². The quantitative estimate of drug-likeness (QED) is 0.668. The van der Waals surface area contributed by atoms with Gasteiger partial charge in [0.15, 0.2) is 5.96 Å². The van der Waals surface area contributed by atoms with Crippen molar-refractivity contribution in [2.75, 3.05) is 33.9 Å². The second kappa shape index (κ2) is 7.24. The molecule has 0 saturated carbocycles. The van der Waals surface area contributed by atoms with Gasteiger partial charge in [0.25, 0.3) is 0 Å². The molecule has 0 amide bonds. The Balaban J connectivity index is 1.87. The topological polar surface area (TPSA) is 49.8 Å². The first-order valence-electron chi connectivity index (χ1n) is 7.10. The van der Waals surface area contributed by atoms with E-state index in [2.05, 4.69) is 40.2 Å². The Morgan fingerprint density at radius 2 is 2.45 bits per heavy atom. The fraction of sp³-hybridized carbons (Fsp3) is 0.600. The van der Waals surface area contributed by atoms with Crippen molar-refractivity contribution in [1.29, 1.82) is 0 Å². The largest absolute Gasteiger partial charge is 0.381 e. The number of pyridine rings is 1. The predicted octanol–water partition coefficient (Wildman–Crippen LogP) is 1.43. The number of ether oxygens (including phenoxy) is 1. The third kappa shape index (κ3) is 3.93. The first kappa shape index (κ1) is 14.8. The summed E-state index contributed by atoms with van der Waals surface area (Å²) in [5.41, 5.74) is 2.26. The molecule has 1 unspecified atom stereocenters. The average molecular weight is 276 g/mol. The predicted molar refractivity (Wildman–Crippen MR) is 80.7 cm³/mol. The Hall–Kier alpha value is -1.62. The van der Waals surface area contributed by atoms with Crippen molar-refractivity contribution < 1.29 is 4.74 Å². The van der Waals surface area contributed by atoms with E-state index in [4.69, 9.17) is 4.74 Å². The van der Waals surface area contributed by atoms with Gasteiger partial charge < -0.3 is 15.0 Å². The van der Waals surface area contributed by atoms with Crippen LogP contribution in [0, 0.1) is 12.8 Å². The Labute approximate surface area is 121 Å². The van der Waals surface area contributed by atoms with E-state index in [1.54, 1.807) is 0 Å². The summed E-state index contributed by atoms with van der Waals surface area (Å²) in [5.74, 6) is 1.51. The average Bonchev–Trinajstić information content (AvgIpc) is 2.94. The van der Waals surface area contributed by atoms with E-state index in [1.807, 2.05) is 19.3 Å². The number of guanidine groups is 1. The lowest BCUT2D eigenvalue weighted by Crippen LogP contribution is -2.41. The molecule has 1 atom stereocenters. The summed E-state index contributed by atoms with van der Waals surface area (Å²) in [6, 6.07) is 4.03. The summed E-state index contributed by atoms with van der Waals surface area (Å²) >= 11 is 0. The molecule has 20 heavy (non-hydrogen) atoms. The molecule has 0 bridgehead atoms. The summed E-state index contributed by atoms with van der Waals surface area (Å²) in [4.78, 5) is 10.9. The highest BCUT2D eigenvalue weighted by molar-refractivity contribution is 5.79. The molecular formula is C15H24N4O. The molecule has 0 spiro atoms. The molecule has 2 heterocycles. The smallest absolute Gasteiger partial charge is 0.193 e. The van der Waals surface area contributed by atoms with Crippen LogP contribution in [0.1, 0.15) is 17.7 Å². The van der Waals surface area contributed by atoms with E-state index >= 15 is 0 Å². The van der Waals surface area contributed by atoms with Crippen molar-refractivity contribution in [2.45, 2.75) is 19.9 Å². The molecule has 1 aromatic heterocycles. The normalized spacial score (nSPS) is 19.1. The van der Waals surface area contributed by atoms with Crippen LogP contribution in [0.5, 0.6) is 0 Å². The monoisotopic (exact) mass is 276 g/mol. The third-order valence-electron chi connectivity index (χ3n) is 3.66. The maximum atomic E-state index is 5.42. The molecule has 1 aliphatic heterocycles. The summed E-state index contributed by atoms with van der Waals surface area (Å²) in [6.07, 6.45) is 2.97. The lowest BCUT2D eigenvalue weighted by atomic mass is 10.1. The molecule has 5 heteroatoms. The Bertz CT molecular complexity index is 455. The molecule has 1 aromatic rings. The Morgan fingerprint density at radius 1 is 1.60 bits per heavy atom. The number of nitrogens with one attached hydrogen (secondary N) is 1. The second-order valence-corrected chi connectivity index (χ2v) is 5.28. The van der Waals surface area contributed by atoms with Crippen molar-refractivity contribution >= 4 is 5.96 Å². The van der Waals surface area contributed by atoms with Crippen molar-refractivity contribution in [3.63, 3.8) is 0 Å². The highest BCUT2D eigenvalue weighted by Gasteiger charge is 2.19. The van der Waals surface area contributed by atoms with Crippen LogP contribution < -0.4 is 5.32 Å². The molecule has 1 aliphatic rings. The van der Waals surface area contributed by atoms with Gasteiger partial charge in [0.05, 0.1) is 18.8 Å². The van der Waals surface area contributed by atoms with Crippen LogP contribution in [0.25, 0.3) is 0 Å². The Morgan fingerprint density at radius 3 is 3.10 bits per heavy atom. The van der Waals surface area contributed by atoms with Gasteiger partial charge in [0.1, 0.15) is 0 Å². The number of hydrogen-bond donors (Lipinski definition) is 1. The molecule has 2 rings (SSSR count). The zero-order valence-electron chi connectivity index (χ0n) is 12.6. The zero-order valence-corrected chi connectivity index (χ0v) is 12.6. The van der Waals surface area contributed by atoms with Gasteiger partial charge in [0.2, 0.25) is 0 Å².